The number of fused-ring (bicyclic) bond motifs is 1. The van der Waals surface area contributed by atoms with Gasteiger partial charge in [-0.3, -0.25) is 4.79 Å². The molecular formula is C24H20N4O2S. The number of nitrogens with zero attached hydrogens (tertiary/aromatic N) is 3. The molecule has 5 rings (SSSR count). The first-order chi connectivity index (χ1) is 15.2. The van der Waals surface area contributed by atoms with E-state index in [1.54, 1.807) is 24.1 Å². The second kappa shape index (κ2) is 8.28. The van der Waals surface area contributed by atoms with Crippen LogP contribution in [-0.4, -0.2) is 19.5 Å². The highest BCUT2D eigenvalue weighted by Gasteiger charge is 2.19. The SMILES string of the molecule is C[C@@H](Sc1ncc(-c2ccccc2)n1Cc1ccco1)c1nc2ccccc2c(=O)[nH]1. The predicted molar refractivity (Wildman–Crippen MR) is 122 cm³/mol. The van der Waals surface area contributed by atoms with Crippen molar-refractivity contribution in [1.82, 2.24) is 19.5 Å². The zero-order valence-electron chi connectivity index (χ0n) is 16.9. The van der Waals surface area contributed by atoms with Crippen molar-refractivity contribution in [2.24, 2.45) is 0 Å². The van der Waals surface area contributed by atoms with E-state index >= 15 is 0 Å². The number of H-pyrrole nitrogens is 1. The summed E-state index contributed by atoms with van der Waals surface area (Å²) < 4.78 is 7.72. The molecule has 31 heavy (non-hydrogen) atoms. The van der Waals surface area contributed by atoms with Crippen LogP contribution in [0, 0.1) is 0 Å². The summed E-state index contributed by atoms with van der Waals surface area (Å²) >= 11 is 1.56. The maximum Gasteiger partial charge on any atom is 0.258 e. The lowest BCUT2D eigenvalue weighted by atomic mass is 10.2. The number of rotatable bonds is 6. The van der Waals surface area contributed by atoms with Crippen molar-refractivity contribution in [1.29, 1.82) is 0 Å². The third kappa shape index (κ3) is 3.92. The molecule has 0 spiro atoms. The zero-order chi connectivity index (χ0) is 21.2. The van der Waals surface area contributed by atoms with Crippen LogP contribution in [0.2, 0.25) is 0 Å². The standard InChI is InChI=1S/C24H20N4O2S/c1-16(22-26-20-12-6-5-11-19(20)23(29)27-22)31-24-25-14-21(17-8-3-2-4-9-17)28(24)15-18-10-7-13-30-18/h2-14,16H,15H2,1H3,(H,26,27,29)/t16-/m1/s1. The largest absolute Gasteiger partial charge is 0.467 e. The van der Waals surface area contributed by atoms with E-state index in [9.17, 15) is 4.79 Å². The number of hydrogen-bond acceptors (Lipinski definition) is 5. The van der Waals surface area contributed by atoms with Crippen molar-refractivity contribution in [3.8, 4) is 11.3 Å². The van der Waals surface area contributed by atoms with Crippen LogP contribution in [0.4, 0.5) is 0 Å². The molecule has 6 nitrogen and oxygen atoms in total. The summed E-state index contributed by atoms with van der Waals surface area (Å²) in [4.78, 5) is 24.8. The number of benzene rings is 2. The first-order valence-corrected chi connectivity index (χ1v) is 10.9. The van der Waals surface area contributed by atoms with Gasteiger partial charge in [-0.05, 0) is 36.8 Å². The van der Waals surface area contributed by atoms with E-state index in [1.165, 1.54) is 0 Å². The van der Waals surface area contributed by atoms with Gasteiger partial charge in [-0.15, -0.1) is 0 Å². The average molecular weight is 429 g/mol. The van der Waals surface area contributed by atoms with Gasteiger partial charge in [-0.1, -0.05) is 54.2 Å². The maximum atomic E-state index is 12.5. The van der Waals surface area contributed by atoms with Gasteiger partial charge in [-0.25, -0.2) is 9.97 Å². The highest BCUT2D eigenvalue weighted by molar-refractivity contribution is 7.99. The van der Waals surface area contributed by atoms with E-state index in [2.05, 4.69) is 31.7 Å². The maximum absolute atomic E-state index is 12.5. The number of aromatic amines is 1. The highest BCUT2D eigenvalue weighted by atomic mass is 32.2. The van der Waals surface area contributed by atoms with Crippen LogP contribution in [0.5, 0.6) is 0 Å². The van der Waals surface area contributed by atoms with Gasteiger partial charge in [0.25, 0.3) is 5.56 Å². The molecule has 3 heterocycles. The summed E-state index contributed by atoms with van der Waals surface area (Å²) in [5.41, 5.74) is 2.65. The zero-order valence-corrected chi connectivity index (χ0v) is 17.7. The molecule has 0 radical (unpaired) electrons. The van der Waals surface area contributed by atoms with Crippen LogP contribution in [0.3, 0.4) is 0 Å². The lowest BCUT2D eigenvalue weighted by Gasteiger charge is -2.14. The van der Waals surface area contributed by atoms with E-state index in [1.807, 2.05) is 61.7 Å². The average Bonchev–Trinajstić information content (AvgIpc) is 3.45. The van der Waals surface area contributed by atoms with Gasteiger partial charge in [-0.2, -0.15) is 0 Å². The number of nitrogens with one attached hydrogen (secondary N) is 1. The molecule has 0 amide bonds. The number of aromatic nitrogens is 4. The number of thioether (sulfide) groups is 1. The number of imidazole rings is 1. The van der Waals surface area contributed by atoms with Gasteiger partial charge in [0.15, 0.2) is 5.16 Å². The Morgan fingerprint density at radius 2 is 1.87 bits per heavy atom. The Morgan fingerprint density at radius 1 is 1.06 bits per heavy atom. The van der Waals surface area contributed by atoms with E-state index in [0.717, 1.165) is 22.2 Å². The van der Waals surface area contributed by atoms with Crippen LogP contribution in [0.15, 0.2) is 93.6 Å². The van der Waals surface area contributed by atoms with Gasteiger partial charge in [0.2, 0.25) is 0 Å². The molecule has 154 valence electrons. The topological polar surface area (TPSA) is 76.7 Å². The van der Waals surface area contributed by atoms with E-state index in [-0.39, 0.29) is 10.8 Å². The Balaban J connectivity index is 1.51. The monoisotopic (exact) mass is 428 g/mol. The molecule has 0 aliphatic rings. The molecular weight excluding hydrogens is 408 g/mol. The van der Waals surface area contributed by atoms with Crippen LogP contribution in [-0.2, 0) is 6.54 Å². The minimum absolute atomic E-state index is 0.0984. The second-order valence-corrected chi connectivity index (χ2v) is 8.49. The fourth-order valence-corrected chi connectivity index (χ4v) is 4.46. The summed E-state index contributed by atoms with van der Waals surface area (Å²) in [6, 6.07) is 21.4. The Hall–Kier alpha value is -3.58. The summed E-state index contributed by atoms with van der Waals surface area (Å²) in [5, 5.41) is 1.33. The predicted octanol–water partition coefficient (Wildman–Crippen LogP) is 5.28. The smallest absolute Gasteiger partial charge is 0.258 e. The van der Waals surface area contributed by atoms with Gasteiger partial charge in [0.1, 0.15) is 11.6 Å². The van der Waals surface area contributed by atoms with E-state index < -0.39 is 0 Å². The molecule has 7 heteroatoms. The molecule has 0 aliphatic heterocycles. The number of para-hydroxylation sites is 1. The van der Waals surface area contributed by atoms with Gasteiger partial charge in [0.05, 0.1) is 40.9 Å². The van der Waals surface area contributed by atoms with Crippen molar-refractivity contribution in [3.05, 3.63) is 101 Å². The molecule has 0 unspecified atom stereocenters. The molecule has 0 aliphatic carbocycles. The lowest BCUT2D eigenvalue weighted by Crippen LogP contribution is -2.13. The Labute approximate surface area is 183 Å². The molecule has 1 N–H and O–H groups in total. The van der Waals surface area contributed by atoms with Crippen LogP contribution in [0.25, 0.3) is 22.2 Å². The highest BCUT2D eigenvalue weighted by Crippen LogP contribution is 2.35. The molecule has 0 bridgehead atoms. The molecule has 3 aromatic heterocycles. The lowest BCUT2D eigenvalue weighted by molar-refractivity contribution is 0.485. The van der Waals surface area contributed by atoms with Crippen LogP contribution < -0.4 is 5.56 Å². The number of hydrogen-bond donors (Lipinski definition) is 1. The molecule has 0 fully saturated rings. The molecule has 5 aromatic rings. The Bertz CT molecular complexity index is 1370. The Morgan fingerprint density at radius 3 is 2.68 bits per heavy atom. The van der Waals surface area contributed by atoms with Crippen molar-refractivity contribution in [2.75, 3.05) is 0 Å². The second-order valence-electron chi connectivity index (χ2n) is 7.19. The molecule has 2 aromatic carbocycles. The first-order valence-electron chi connectivity index (χ1n) is 9.98. The van der Waals surface area contributed by atoms with Crippen LogP contribution in [0.1, 0.15) is 23.8 Å². The summed E-state index contributed by atoms with van der Waals surface area (Å²) in [6.07, 6.45) is 3.55. The van der Waals surface area contributed by atoms with Crippen LogP contribution >= 0.6 is 11.8 Å². The quantitative estimate of drug-likeness (QED) is 0.372. The number of furan rings is 1. The van der Waals surface area contributed by atoms with E-state index in [0.29, 0.717) is 23.3 Å². The fraction of sp³-hybridized carbons (Fsp3) is 0.125. The van der Waals surface area contributed by atoms with Gasteiger partial charge >= 0.3 is 0 Å². The third-order valence-electron chi connectivity index (χ3n) is 5.08. The van der Waals surface area contributed by atoms with Crippen molar-refractivity contribution in [3.63, 3.8) is 0 Å². The molecule has 0 saturated carbocycles. The molecule has 1 atom stereocenters. The fourth-order valence-electron chi connectivity index (χ4n) is 3.51. The third-order valence-corrected chi connectivity index (χ3v) is 6.19. The van der Waals surface area contributed by atoms with E-state index in [4.69, 9.17) is 4.42 Å². The Kier molecular flexibility index (Phi) is 5.18. The van der Waals surface area contributed by atoms with Gasteiger partial charge in [0, 0.05) is 0 Å². The minimum Gasteiger partial charge on any atom is -0.467 e. The van der Waals surface area contributed by atoms with Crippen molar-refractivity contribution >= 4 is 22.7 Å². The van der Waals surface area contributed by atoms with Crippen molar-refractivity contribution in [2.45, 2.75) is 23.9 Å². The molecule has 0 saturated heterocycles. The summed E-state index contributed by atoms with van der Waals surface area (Å²) in [7, 11) is 0. The summed E-state index contributed by atoms with van der Waals surface area (Å²) in [5.74, 6) is 1.48. The summed E-state index contributed by atoms with van der Waals surface area (Å²) in [6.45, 7) is 2.58. The minimum atomic E-state index is -0.128. The van der Waals surface area contributed by atoms with Gasteiger partial charge < -0.3 is 14.0 Å². The normalized spacial score (nSPS) is 12.3. The van der Waals surface area contributed by atoms with Crippen molar-refractivity contribution < 1.29 is 4.42 Å². The first kappa shape index (κ1) is 19.4.